The van der Waals surface area contributed by atoms with E-state index in [-0.39, 0.29) is 0 Å². The summed E-state index contributed by atoms with van der Waals surface area (Å²) < 4.78 is 0. The molecule has 1 aliphatic carbocycles. The molecule has 3 nitrogen and oxygen atoms in total. The molecule has 2 aliphatic heterocycles. The van der Waals surface area contributed by atoms with Gasteiger partial charge >= 0.3 is 0 Å². The van der Waals surface area contributed by atoms with E-state index in [4.69, 9.17) is 0 Å². The molecular formula is C15H29N3. The van der Waals surface area contributed by atoms with Gasteiger partial charge in [0.1, 0.15) is 0 Å². The highest BCUT2D eigenvalue weighted by molar-refractivity contribution is 5.02. The fourth-order valence-electron chi connectivity index (χ4n) is 4.33. The van der Waals surface area contributed by atoms with E-state index in [1.807, 2.05) is 0 Å². The zero-order valence-corrected chi connectivity index (χ0v) is 12.1. The lowest BCUT2D eigenvalue weighted by Gasteiger charge is -2.50. The zero-order valence-electron chi connectivity index (χ0n) is 12.1. The number of likely N-dealkylation sites (N-methyl/N-ethyl adjacent to an activating group) is 1. The first-order chi connectivity index (χ1) is 8.69. The Morgan fingerprint density at radius 1 is 1.17 bits per heavy atom. The molecule has 18 heavy (non-hydrogen) atoms. The Labute approximate surface area is 112 Å². The van der Waals surface area contributed by atoms with Crippen LogP contribution in [0.2, 0.25) is 0 Å². The van der Waals surface area contributed by atoms with E-state index in [1.54, 1.807) is 0 Å². The Bertz CT molecular complexity index is 285. The first-order valence-corrected chi connectivity index (χ1v) is 7.88. The van der Waals surface area contributed by atoms with E-state index in [2.05, 4.69) is 29.1 Å². The SMILES string of the molecule is CC1CNC2(CCCC2)CN1C1CCCN(C)C1. The Kier molecular flexibility index (Phi) is 3.65. The molecule has 3 fully saturated rings. The molecular weight excluding hydrogens is 222 g/mol. The largest absolute Gasteiger partial charge is 0.308 e. The van der Waals surface area contributed by atoms with E-state index in [0.717, 1.165) is 6.04 Å². The third-order valence-corrected chi connectivity index (χ3v) is 5.45. The van der Waals surface area contributed by atoms with Gasteiger partial charge in [0, 0.05) is 37.3 Å². The number of hydrogen-bond donors (Lipinski definition) is 1. The second-order valence-corrected chi connectivity index (χ2v) is 6.95. The van der Waals surface area contributed by atoms with Crippen molar-refractivity contribution in [3.8, 4) is 0 Å². The molecule has 0 aromatic carbocycles. The Morgan fingerprint density at radius 3 is 2.67 bits per heavy atom. The van der Waals surface area contributed by atoms with Crippen LogP contribution in [0.4, 0.5) is 0 Å². The summed E-state index contributed by atoms with van der Waals surface area (Å²) >= 11 is 0. The molecule has 1 saturated carbocycles. The maximum absolute atomic E-state index is 3.87. The van der Waals surface area contributed by atoms with E-state index in [1.165, 1.54) is 64.7 Å². The quantitative estimate of drug-likeness (QED) is 0.765. The van der Waals surface area contributed by atoms with Gasteiger partial charge in [0.15, 0.2) is 0 Å². The Hall–Kier alpha value is -0.120. The highest BCUT2D eigenvalue weighted by Crippen LogP contribution is 2.34. The van der Waals surface area contributed by atoms with Crippen molar-refractivity contribution in [1.82, 2.24) is 15.1 Å². The molecule has 3 heteroatoms. The second kappa shape index (κ2) is 5.10. The molecule has 0 bridgehead atoms. The van der Waals surface area contributed by atoms with Crippen molar-refractivity contribution in [3.63, 3.8) is 0 Å². The lowest BCUT2D eigenvalue weighted by molar-refractivity contribution is 0.0210. The third kappa shape index (κ3) is 2.45. The van der Waals surface area contributed by atoms with Gasteiger partial charge in [-0.05, 0) is 46.2 Å². The molecule has 1 N–H and O–H groups in total. The van der Waals surface area contributed by atoms with Gasteiger partial charge in [0.05, 0.1) is 0 Å². The van der Waals surface area contributed by atoms with Crippen LogP contribution in [0, 0.1) is 0 Å². The maximum Gasteiger partial charge on any atom is 0.0309 e. The number of nitrogens with one attached hydrogen (secondary N) is 1. The van der Waals surface area contributed by atoms with E-state index in [9.17, 15) is 0 Å². The van der Waals surface area contributed by atoms with E-state index in [0.29, 0.717) is 11.6 Å². The van der Waals surface area contributed by atoms with Gasteiger partial charge in [-0.3, -0.25) is 4.90 Å². The second-order valence-electron chi connectivity index (χ2n) is 6.95. The fourth-order valence-corrected chi connectivity index (χ4v) is 4.33. The van der Waals surface area contributed by atoms with Gasteiger partial charge in [-0.15, -0.1) is 0 Å². The molecule has 0 amide bonds. The fraction of sp³-hybridized carbons (Fsp3) is 1.00. The van der Waals surface area contributed by atoms with Crippen LogP contribution in [-0.4, -0.2) is 60.6 Å². The molecule has 104 valence electrons. The summed E-state index contributed by atoms with van der Waals surface area (Å²) in [4.78, 5) is 5.35. The summed E-state index contributed by atoms with van der Waals surface area (Å²) in [6, 6.07) is 1.52. The van der Waals surface area contributed by atoms with Crippen LogP contribution in [0.3, 0.4) is 0 Å². The van der Waals surface area contributed by atoms with Crippen molar-refractivity contribution < 1.29 is 0 Å². The predicted octanol–water partition coefficient (Wildman–Crippen LogP) is 1.69. The minimum absolute atomic E-state index is 0.475. The average Bonchev–Trinajstić information content (AvgIpc) is 2.81. The molecule has 0 aromatic heterocycles. The summed E-state index contributed by atoms with van der Waals surface area (Å²) in [6.07, 6.45) is 8.45. The highest BCUT2D eigenvalue weighted by Gasteiger charge is 2.42. The van der Waals surface area contributed by atoms with Crippen molar-refractivity contribution in [2.24, 2.45) is 0 Å². The number of hydrogen-bond acceptors (Lipinski definition) is 3. The van der Waals surface area contributed by atoms with Crippen LogP contribution in [0.25, 0.3) is 0 Å². The number of nitrogens with zero attached hydrogens (tertiary/aromatic N) is 2. The normalized spacial score (nSPS) is 38.3. The van der Waals surface area contributed by atoms with Crippen molar-refractivity contribution >= 4 is 0 Å². The van der Waals surface area contributed by atoms with Crippen LogP contribution >= 0.6 is 0 Å². The van der Waals surface area contributed by atoms with Gasteiger partial charge in [-0.25, -0.2) is 0 Å². The first kappa shape index (κ1) is 12.9. The third-order valence-electron chi connectivity index (χ3n) is 5.45. The van der Waals surface area contributed by atoms with E-state index < -0.39 is 0 Å². The number of rotatable bonds is 1. The summed E-state index contributed by atoms with van der Waals surface area (Å²) in [7, 11) is 2.28. The lowest BCUT2D eigenvalue weighted by Crippen LogP contribution is -2.66. The van der Waals surface area contributed by atoms with Gasteiger partial charge in [0.25, 0.3) is 0 Å². The number of piperazine rings is 1. The summed E-state index contributed by atoms with van der Waals surface area (Å²) in [5, 5.41) is 3.87. The van der Waals surface area contributed by atoms with E-state index >= 15 is 0 Å². The van der Waals surface area contributed by atoms with Crippen LogP contribution in [0.5, 0.6) is 0 Å². The van der Waals surface area contributed by atoms with Crippen molar-refractivity contribution in [1.29, 1.82) is 0 Å². The van der Waals surface area contributed by atoms with Crippen LogP contribution in [0.1, 0.15) is 45.4 Å². The molecule has 3 rings (SSSR count). The van der Waals surface area contributed by atoms with Crippen LogP contribution < -0.4 is 5.32 Å². The molecule has 3 aliphatic rings. The minimum Gasteiger partial charge on any atom is -0.308 e. The van der Waals surface area contributed by atoms with Crippen LogP contribution in [-0.2, 0) is 0 Å². The number of likely N-dealkylation sites (tertiary alicyclic amines) is 1. The van der Waals surface area contributed by atoms with Crippen molar-refractivity contribution in [2.45, 2.75) is 63.1 Å². The molecule has 2 heterocycles. The summed E-state index contributed by atoms with van der Waals surface area (Å²) in [6.45, 7) is 7.47. The Morgan fingerprint density at radius 2 is 1.94 bits per heavy atom. The maximum atomic E-state index is 3.87. The summed E-state index contributed by atoms with van der Waals surface area (Å²) in [5.74, 6) is 0. The van der Waals surface area contributed by atoms with Crippen LogP contribution in [0.15, 0.2) is 0 Å². The van der Waals surface area contributed by atoms with Gasteiger partial charge in [0.2, 0.25) is 0 Å². The molecule has 2 atom stereocenters. The topological polar surface area (TPSA) is 18.5 Å². The van der Waals surface area contributed by atoms with Gasteiger partial charge in [-0.1, -0.05) is 12.8 Å². The molecule has 0 aromatic rings. The minimum atomic E-state index is 0.475. The zero-order chi connectivity index (χ0) is 12.6. The lowest BCUT2D eigenvalue weighted by atomic mass is 9.90. The van der Waals surface area contributed by atoms with Gasteiger partial charge in [-0.2, -0.15) is 0 Å². The predicted molar refractivity (Wildman–Crippen MR) is 75.9 cm³/mol. The Balaban J connectivity index is 1.68. The highest BCUT2D eigenvalue weighted by atomic mass is 15.3. The average molecular weight is 251 g/mol. The molecule has 1 spiro atoms. The first-order valence-electron chi connectivity index (χ1n) is 7.88. The molecule has 2 saturated heterocycles. The molecule has 2 unspecified atom stereocenters. The number of piperidine rings is 1. The monoisotopic (exact) mass is 251 g/mol. The van der Waals surface area contributed by atoms with Crippen molar-refractivity contribution in [2.75, 3.05) is 33.2 Å². The molecule has 0 radical (unpaired) electrons. The summed E-state index contributed by atoms with van der Waals surface area (Å²) in [5.41, 5.74) is 0.475. The standard InChI is InChI=1S/C15H29N3/c1-13-10-16-15(7-3-4-8-15)12-18(13)14-6-5-9-17(2)11-14/h13-14,16H,3-12H2,1-2H3. The smallest absolute Gasteiger partial charge is 0.0309 e. The van der Waals surface area contributed by atoms with Gasteiger partial charge < -0.3 is 10.2 Å². The van der Waals surface area contributed by atoms with Crippen molar-refractivity contribution in [3.05, 3.63) is 0 Å².